The van der Waals surface area contributed by atoms with E-state index in [-0.39, 0.29) is 106 Å². The monoisotopic (exact) mass is 934 g/mol. The second kappa shape index (κ2) is 37.5. The van der Waals surface area contributed by atoms with Crippen LogP contribution in [0.1, 0.15) is 75.4 Å². The molecular weight excluding hydrogens is 891 g/mol. The Balaban J connectivity index is -0.000000342. The molecule has 0 amide bonds. The number of carbonyl (C=O) groups is 7. The van der Waals surface area contributed by atoms with E-state index in [1.54, 1.807) is 212 Å². The van der Waals surface area contributed by atoms with Crippen LogP contribution in [0.3, 0.4) is 0 Å². The fraction of sp³-hybridized carbons (Fsp3) is 0. The van der Waals surface area contributed by atoms with Gasteiger partial charge in [-0.2, -0.15) is 0 Å². The van der Waals surface area contributed by atoms with Gasteiger partial charge in [0.05, 0.1) is 38.9 Å². The van der Waals surface area contributed by atoms with Gasteiger partial charge in [-0.3, -0.25) is 0 Å². The Morgan fingerprint density at radius 1 is 0.200 bits per heavy atom. The quantitative estimate of drug-likeness (QED) is 0.112. The summed E-state index contributed by atoms with van der Waals surface area (Å²) in [5.41, 5.74) is 2.32. The third kappa shape index (κ3) is 30.0. The van der Waals surface area contributed by atoms with Crippen molar-refractivity contribution in [2.75, 3.05) is 0 Å². The van der Waals surface area contributed by atoms with Crippen LogP contribution in [-0.2, 0) is 0 Å². The van der Waals surface area contributed by atoms with Crippen LogP contribution in [0.25, 0.3) is 0 Å². The molecule has 0 atom stereocenters. The van der Waals surface area contributed by atoms with Gasteiger partial charge in [0.25, 0.3) is 0 Å². The molecule has 0 fully saturated rings. The fourth-order valence-corrected chi connectivity index (χ4v) is 4.07. The second-order valence-corrected chi connectivity index (χ2v) is 11.7. The minimum absolute atomic E-state index is 0. The Morgan fingerprint density at radius 2 is 0.277 bits per heavy atom. The van der Waals surface area contributed by atoms with Gasteiger partial charge in [0.1, 0.15) is 0 Å². The summed E-state index contributed by atoms with van der Waals surface area (Å²) in [4.78, 5) is 71.4. The summed E-state index contributed by atoms with van der Waals surface area (Å²) in [6.07, 6.45) is 0. The van der Waals surface area contributed by atoms with E-state index in [2.05, 4.69) is 0 Å². The molecule has 0 aliphatic rings. The Kier molecular flexibility index (Phi) is 35.3. The van der Waals surface area contributed by atoms with E-state index in [0.29, 0.717) is 38.9 Å². The molecule has 14 nitrogen and oxygen atoms in total. The molecule has 65 heavy (non-hydrogen) atoms. The predicted molar refractivity (Wildman–Crippen MR) is 236 cm³/mol. The van der Waals surface area contributed by atoms with Crippen LogP contribution in [-0.4, -0.2) is 77.5 Å². The van der Waals surface area contributed by atoms with Crippen LogP contribution >= 0.6 is 0 Å². The summed E-state index contributed by atoms with van der Waals surface area (Å²) < 4.78 is 0. The van der Waals surface area contributed by atoms with Crippen LogP contribution in [0.2, 0.25) is 0 Å². The maximum atomic E-state index is 10.2. The zero-order chi connectivity index (χ0) is 46.8. The van der Waals surface area contributed by atoms with Crippen molar-refractivity contribution in [1.82, 2.24) is 0 Å². The third-order valence-corrected chi connectivity index (χ3v) is 7.15. The molecule has 0 saturated carbocycles. The molecule has 0 saturated heterocycles. The third-order valence-electron chi connectivity index (χ3n) is 7.15. The maximum Gasteiger partial charge on any atom is 1.00 e. The number of hydrogen-bond acceptors (Lipinski definition) is 7. The SMILES string of the molecule is O=C(O)c1ccccc1.O=C(O)c1ccccc1.O=C(O)c1ccccc1.O=C(O)c1ccccc1.O=C(O)c1ccccc1.O=C(O)c1ccccc1.O=C(O)c1ccccc1.[H-].[H-].[K+].[K+]. The van der Waals surface area contributed by atoms with Crippen molar-refractivity contribution < 1.29 is 175 Å². The molecule has 0 heterocycles. The zero-order valence-corrected chi connectivity index (χ0v) is 41.4. The summed E-state index contributed by atoms with van der Waals surface area (Å²) >= 11 is 0. The first-order valence-corrected chi connectivity index (χ1v) is 18.1. The fourth-order valence-electron chi connectivity index (χ4n) is 4.07. The molecule has 0 spiro atoms. The second-order valence-electron chi connectivity index (χ2n) is 11.7. The van der Waals surface area contributed by atoms with Gasteiger partial charge >= 0.3 is 145 Å². The van der Waals surface area contributed by atoms with Crippen molar-refractivity contribution in [2.24, 2.45) is 0 Å². The summed E-state index contributed by atoms with van der Waals surface area (Å²) in [7, 11) is 0. The molecule has 16 heteroatoms. The average Bonchev–Trinajstić information content (AvgIpc) is 3.32. The molecule has 0 radical (unpaired) electrons. The summed E-state index contributed by atoms with van der Waals surface area (Å²) in [5, 5.41) is 58.7. The van der Waals surface area contributed by atoms with Gasteiger partial charge in [0.2, 0.25) is 0 Å². The summed E-state index contributed by atoms with van der Waals surface area (Å²) in [6.45, 7) is 0. The van der Waals surface area contributed by atoms with E-state index in [9.17, 15) is 33.6 Å². The molecule has 7 N–H and O–H groups in total. The van der Waals surface area contributed by atoms with Crippen molar-refractivity contribution in [3.05, 3.63) is 251 Å². The maximum absolute atomic E-state index is 10.2. The number of benzene rings is 7. The smallest absolute Gasteiger partial charge is 1.00 e. The number of carboxylic acid groups (broad SMARTS) is 7. The van der Waals surface area contributed by atoms with E-state index >= 15 is 0 Å². The Morgan fingerprint density at radius 3 is 0.323 bits per heavy atom. The van der Waals surface area contributed by atoms with E-state index in [1.807, 2.05) is 0 Å². The molecule has 0 unspecified atom stereocenters. The first-order valence-electron chi connectivity index (χ1n) is 18.1. The van der Waals surface area contributed by atoms with Gasteiger partial charge in [-0.05, 0) is 84.9 Å². The van der Waals surface area contributed by atoms with E-state index in [0.717, 1.165) is 0 Å². The van der Waals surface area contributed by atoms with Crippen LogP contribution in [0, 0.1) is 0 Å². The molecule has 7 rings (SSSR count). The Bertz CT molecular complexity index is 1940. The largest absolute Gasteiger partial charge is 1.00 e. The number of carboxylic acids is 7. The Hall–Kier alpha value is -5.90. The van der Waals surface area contributed by atoms with Crippen LogP contribution in [0.15, 0.2) is 212 Å². The normalized spacial score (nSPS) is 8.62. The van der Waals surface area contributed by atoms with Crippen molar-refractivity contribution >= 4 is 41.8 Å². The van der Waals surface area contributed by atoms with Gasteiger partial charge in [-0.25, -0.2) is 33.6 Å². The summed E-state index contributed by atoms with van der Waals surface area (Å²) in [6, 6.07) is 58.1. The number of rotatable bonds is 7. The molecule has 0 bridgehead atoms. The van der Waals surface area contributed by atoms with Gasteiger partial charge in [-0.1, -0.05) is 127 Å². The predicted octanol–water partition coefficient (Wildman–Crippen LogP) is 3.93. The van der Waals surface area contributed by atoms with Crippen LogP contribution in [0.5, 0.6) is 0 Å². The Labute approximate surface area is 462 Å². The number of aromatic carboxylic acids is 7. The van der Waals surface area contributed by atoms with E-state index in [1.165, 1.54) is 0 Å². The van der Waals surface area contributed by atoms with Gasteiger partial charge < -0.3 is 38.6 Å². The van der Waals surface area contributed by atoms with Crippen molar-refractivity contribution in [1.29, 1.82) is 0 Å². The topological polar surface area (TPSA) is 261 Å². The van der Waals surface area contributed by atoms with Crippen LogP contribution in [0.4, 0.5) is 0 Å². The molecule has 7 aromatic carbocycles. The molecule has 7 aromatic rings. The zero-order valence-electron chi connectivity index (χ0n) is 37.2. The molecule has 0 aromatic heterocycles. The standard InChI is InChI=1S/7C7H6O2.2K.2H/c7*8-7(9)6-4-2-1-3-5-6;;;;/h7*1-5H,(H,8,9);;;;/q;;;;;;;2*+1;2*-1. The van der Waals surface area contributed by atoms with E-state index in [4.69, 9.17) is 35.7 Å². The first-order chi connectivity index (χ1) is 30.1. The van der Waals surface area contributed by atoms with Gasteiger partial charge in [-0.15, -0.1) is 0 Å². The van der Waals surface area contributed by atoms with Crippen LogP contribution < -0.4 is 103 Å². The van der Waals surface area contributed by atoms with E-state index < -0.39 is 41.8 Å². The first kappa shape index (κ1) is 61.2. The van der Waals surface area contributed by atoms with Crippen molar-refractivity contribution in [3.8, 4) is 0 Å². The number of hydrogen-bond donors (Lipinski definition) is 7. The van der Waals surface area contributed by atoms with Gasteiger partial charge in [0, 0.05) is 0 Å². The molecule has 326 valence electrons. The molecular formula is C49H44K2O14. The molecule has 0 aliphatic heterocycles. The van der Waals surface area contributed by atoms with Crippen molar-refractivity contribution in [3.63, 3.8) is 0 Å². The average molecular weight is 935 g/mol. The minimum atomic E-state index is -0.879. The van der Waals surface area contributed by atoms with Gasteiger partial charge in [0.15, 0.2) is 0 Å². The van der Waals surface area contributed by atoms with Crippen molar-refractivity contribution in [2.45, 2.75) is 0 Å². The molecule has 0 aliphatic carbocycles. The summed E-state index contributed by atoms with van der Waals surface area (Å²) in [5.74, 6) is -6.15. The minimum Gasteiger partial charge on any atom is -1.00 e.